The number of halogens is 4. The quantitative estimate of drug-likeness (QED) is 0.0431. The molecule has 5 aromatic carbocycles. The lowest BCUT2D eigenvalue weighted by molar-refractivity contribution is -0.127. The van der Waals surface area contributed by atoms with Crippen molar-refractivity contribution in [1.82, 2.24) is 0 Å². The topological polar surface area (TPSA) is 200 Å². The largest absolute Gasteiger partial charge is 0.324 e. The van der Waals surface area contributed by atoms with E-state index in [1.807, 2.05) is 13.8 Å². The van der Waals surface area contributed by atoms with Gasteiger partial charge < -0.3 is 21.3 Å². The Balaban J connectivity index is 1.25. The molecule has 5 rings (SSSR count). The first-order chi connectivity index (χ1) is 30.3. The number of benzene rings is 5. The van der Waals surface area contributed by atoms with Gasteiger partial charge in [-0.3, -0.25) is 28.8 Å². The van der Waals surface area contributed by atoms with E-state index >= 15 is 0 Å². The van der Waals surface area contributed by atoms with Crippen molar-refractivity contribution in [1.29, 1.82) is 0 Å². The fourth-order valence-electron chi connectivity index (χ4n) is 5.90. The number of carbonyl (C=O) groups is 6. The molecule has 0 aliphatic heterocycles. The van der Waals surface area contributed by atoms with Gasteiger partial charge in [0.25, 0.3) is 23.6 Å². The average molecular weight is 945 g/mol. The molecule has 0 spiro atoms. The zero-order chi connectivity index (χ0) is 46.8. The Labute approximate surface area is 389 Å². The molecule has 0 heterocycles. The smallest absolute Gasteiger partial charge is 0.258 e. The Hall–Kier alpha value is -6.32. The molecule has 0 fully saturated rings. The summed E-state index contributed by atoms with van der Waals surface area (Å²) in [5.74, 6) is -3.76. The van der Waals surface area contributed by atoms with Crippen molar-refractivity contribution in [3.63, 3.8) is 0 Å². The summed E-state index contributed by atoms with van der Waals surface area (Å²) >= 11 is 24.9. The van der Waals surface area contributed by atoms with E-state index in [9.17, 15) is 28.8 Å². The first-order valence-electron chi connectivity index (χ1n) is 19.6. The van der Waals surface area contributed by atoms with Gasteiger partial charge in [0.05, 0.1) is 20.8 Å². The molecule has 4 N–H and O–H groups in total. The van der Waals surface area contributed by atoms with Crippen LogP contribution in [0.15, 0.2) is 118 Å². The average Bonchev–Trinajstić information content (AvgIpc) is 3.24. The predicted octanol–water partition coefficient (Wildman–Crippen LogP) is 12.1. The molecule has 0 saturated carbocycles. The van der Waals surface area contributed by atoms with Crippen LogP contribution in [0.2, 0.25) is 10.0 Å². The predicted molar refractivity (Wildman–Crippen MR) is 251 cm³/mol. The second-order valence-electron chi connectivity index (χ2n) is 14.6. The zero-order valence-electron chi connectivity index (χ0n) is 35.3. The van der Waals surface area contributed by atoms with Crippen LogP contribution in [-0.4, -0.2) is 47.3 Å². The third-order valence-electron chi connectivity index (χ3n) is 9.80. The van der Waals surface area contributed by atoms with Crippen LogP contribution >= 0.6 is 46.4 Å². The molecule has 5 aromatic rings. The number of ketones is 2. The van der Waals surface area contributed by atoms with Crippen LogP contribution < -0.4 is 21.3 Å². The van der Waals surface area contributed by atoms with Gasteiger partial charge >= 0.3 is 0 Å². The molecule has 0 aromatic heterocycles. The zero-order valence-corrected chi connectivity index (χ0v) is 38.3. The summed E-state index contributed by atoms with van der Waals surface area (Å²) in [5.41, 5.74) is 5.00. The van der Waals surface area contributed by atoms with Gasteiger partial charge in [-0.15, -0.1) is 23.2 Å². The Morgan fingerprint density at radius 1 is 0.500 bits per heavy atom. The van der Waals surface area contributed by atoms with Crippen LogP contribution in [0.3, 0.4) is 0 Å². The maximum Gasteiger partial charge on any atom is 0.258 e. The summed E-state index contributed by atoms with van der Waals surface area (Å²) in [7, 11) is 0. The summed E-state index contributed by atoms with van der Waals surface area (Å²) in [6.45, 7) is 9.38. The number of hydrogen-bond donors (Lipinski definition) is 4. The molecule has 64 heavy (non-hydrogen) atoms. The summed E-state index contributed by atoms with van der Waals surface area (Å²) < 4.78 is 0. The molecule has 0 bridgehead atoms. The number of carbonyl (C=O) groups excluding carboxylic acids is 6. The number of Topliss-reactive ketones (excluding diaryl/α,β-unsaturated/α-hetero) is 2. The number of amides is 4. The number of alkyl halides is 2. The van der Waals surface area contributed by atoms with Gasteiger partial charge in [0, 0.05) is 33.9 Å². The molecule has 4 unspecified atom stereocenters. The van der Waals surface area contributed by atoms with Crippen LogP contribution in [0.25, 0.3) is 0 Å². The normalized spacial score (nSPS) is 13.2. The van der Waals surface area contributed by atoms with Crippen molar-refractivity contribution < 1.29 is 28.8 Å². The van der Waals surface area contributed by atoms with E-state index in [-0.39, 0.29) is 43.3 Å². The van der Waals surface area contributed by atoms with Crippen molar-refractivity contribution >= 4 is 116 Å². The molecule has 0 saturated heterocycles. The van der Waals surface area contributed by atoms with E-state index < -0.39 is 47.3 Å². The Kier molecular flexibility index (Phi) is 16.6. The van der Waals surface area contributed by atoms with Crippen LogP contribution in [0.5, 0.6) is 0 Å². The first-order valence-corrected chi connectivity index (χ1v) is 21.2. The molecule has 4 atom stereocenters. The van der Waals surface area contributed by atoms with Gasteiger partial charge in [-0.2, -0.15) is 20.5 Å². The minimum absolute atomic E-state index is 0.0508. The molecule has 14 nitrogen and oxygen atoms in total. The molecule has 330 valence electrons. The van der Waals surface area contributed by atoms with Gasteiger partial charge in [0.2, 0.25) is 12.1 Å². The first kappa shape index (κ1) is 48.7. The van der Waals surface area contributed by atoms with E-state index in [2.05, 4.69) is 41.7 Å². The number of azo groups is 2. The van der Waals surface area contributed by atoms with Crippen molar-refractivity contribution in [3.8, 4) is 0 Å². The fourth-order valence-corrected chi connectivity index (χ4v) is 6.50. The molecule has 0 aliphatic carbocycles. The highest BCUT2D eigenvalue weighted by Crippen LogP contribution is 2.31. The summed E-state index contributed by atoms with van der Waals surface area (Å²) in [4.78, 5) is 78.1. The number of rotatable bonds is 16. The van der Waals surface area contributed by atoms with Crippen molar-refractivity contribution in [2.75, 3.05) is 21.3 Å². The van der Waals surface area contributed by atoms with Crippen LogP contribution in [0.4, 0.5) is 34.1 Å². The number of nitrogens with zero attached hydrogens (tertiary/aromatic N) is 4. The van der Waals surface area contributed by atoms with E-state index in [0.29, 0.717) is 33.9 Å². The highest BCUT2D eigenvalue weighted by molar-refractivity contribution is 6.33. The third-order valence-corrected chi connectivity index (χ3v) is 10.9. The van der Waals surface area contributed by atoms with Crippen LogP contribution in [0.1, 0.15) is 81.4 Å². The van der Waals surface area contributed by atoms with Gasteiger partial charge in [0.15, 0.2) is 11.6 Å². The minimum Gasteiger partial charge on any atom is -0.324 e. The summed E-state index contributed by atoms with van der Waals surface area (Å²) in [6, 6.07) is 22.6. The second-order valence-corrected chi connectivity index (χ2v) is 16.7. The Morgan fingerprint density at radius 2 is 0.844 bits per heavy atom. The number of nitrogens with one attached hydrogen (secondary N) is 4. The Bertz CT molecular complexity index is 2490. The summed E-state index contributed by atoms with van der Waals surface area (Å²) in [5, 5.41) is 26.9. The number of anilines is 4. The van der Waals surface area contributed by atoms with Gasteiger partial charge in [-0.1, -0.05) is 47.5 Å². The van der Waals surface area contributed by atoms with E-state index in [1.165, 1.54) is 62.4 Å². The van der Waals surface area contributed by atoms with Crippen molar-refractivity contribution in [2.45, 2.75) is 64.4 Å². The van der Waals surface area contributed by atoms with Crippen LogP contribution in [0, 0.1) is 13.8 Å². The van der Waals surface area contributed by atoms with Crippen LogP contribution in [-0.2, 0) is 19.2 Å². The van der Waals surface area contributed by atoms with Crippen molar-refractivity contribution in [3.05, 3.63) is 140 Å². The lowest BCUT2D eigenvalue weighted by Gasteiger charge is -2.17. The highest BCUT2D eigenvalue weighted by atomic mass is 35.5. The van der Waals surface area contributed by atoms with E-state index in [4.69, 9.17) is 46.4 Å². The van der Waals surface area contributed by atoms with Gasteiger partial charge in [-0.25, -0.2) is 0 Å². The Morgan fingerprint density at radius 3 is 1.16 bits per heavy atom. The second kappa shape index (κ2) is 21.8. The molecule has 0 aliphatic rings. The SMILES string of the molecule is CC(=O)C(N=Nc1cc(C(=O)Nc2ccc(C(C)Cl)cc2)ccc1Cl)C(=O)Nc1ccc(NC(=O)C(N=Nc2cc(C(=O)Nc3ccc(C(C)Cl)cc3)ccc2Cl)C(C)=O)c(C)c1C. The van der Waals surface area contributed by atoms with Crippen molar-refractivity contribution in [2.24, 2.45) is 20.5 Å². The molecule has 0 radical (unpaired) electrons. The number of hydrogen-bond acceptors (Lipinski definition) is 10. The fraction of sp³-hybridized carbons (Fsp3) is 0.217. The maximum atomic E-state index is 13.4. The minimum atomic E-state index is -1.58. The molecule has 4 amide bonds. The molecular formula is C46H42Cl4N8O6. The lowest BCUT2D eigenvalue weighted by Crippen LogP contribution is -2.33. The molecular weight excluding hydrogens is 902 g/mol. The van der Waals surface area contributed by atoms with E-state index in [1.54, 1.807) is 62.4 Å². The van der Waals surface area contributed by atoms with E-state index in [0.717, 1.165) is 11.1 Å². The highest BCUT2D eigenvalue weighted by Gasteiger charge is 2.27. The lowest BCUT2D eigenvalue weighted by atomic mass is 10.0. The maximum absolute atomic E-state index is 13.4. The van der Waals surface area contributed by atoms with Gasteiger partial charge in [-0.05, 0) is 137 Å². The summed E-state index contributed by atoms with van der Waals surface area (Å²) in [6.07, 6.45) is 0. The molecule has 18 heteroatoms. The standard InChI is InChI=1S/C46H42Cl4N8O6/c1-23-24(2)38(54-46(64)42(28(6)60)58-56-40-22-32(12-18-36(40)50)44(62)52-34-15-9-30(10-16-34)26(4)48)20-19-37(23)53-45(63)41(27(5)59)57-55-39-21-31(11-17-35(39)49)43(61)51-33-13-7-29(8-14-33)25(3)47/h7-22,25-26,41-42H,1-6H3,(H,51,61)(H,52,62)(H,53,63)(H,54,64). The van der Waals surface area contributed by atoms with Gasteiger partial charge in [0.1, 0.15) is 11.4 Å². The third kappa shape index (κ3) is 12.7. The monoisotopic (exact) mass is 942 g/mol.